The van der Waals surface area contributed by atoms with E-state index in [1.54, 1.807) is 0 Å². The van der Waals surface area contributed by atoms with Crippen molar-refractivity contribution in [1.29, 1.82) is 0 Å². The zero-order valence-electron chi connectivity index (χ0n) is 10.0. The van der Waals surface area contributed by atoms with E-state index in [4.69, 9.17) is 0 Å². The summed E-state index contributed by atoms with van der Waals surface area (Å²) in [5, 5.41) is 1.30. The third-order valence-corrected chi connectivity index (χ3v) is 5.31. The Morgan fingerprint density at radius 1 is 1.33 bits per heavy atom. The van der Waals surface area contributed by atoms with Gasteiger partial charge in [0.15, 0.2) is 0 Å². The molecule has 1 rings (SSSR count). The van der Waals surface area contributed by atoms with Crippen LogP contribution in [0.2, 0.25) is 0 Å². The zero-order valence-corrected chi connectivity index (χ0v) is 12.4. The lowest BCUT2D eigenvalue weighted by Crippen LogP contribution is -2.06. The third kappa shape index (κ3) is 4.23. The number of hydrogen-bond acceptors (Lipinski definition) is 2. The number of aryl methyl sites for hydroxylation is 3. The average molecular weight is 290 g/mol. The van der Waals surface area contributed by atoms with Crippen LogP contribution < -0.4 is 0 Å². The summed E-state index contributed by atoms with van der Waals surface area (Å²) in [6.45, 7) is 8.77. The van der Waals surface area contributed by atoms with E-state index in [-0.39, 0.29) is 0 Å². The molecule has 15 heavy (non-hydrogen) atoms. The summed E-state index contributed by atoms with van der Waals surface area (Å²) in [4.78, 5) is 6.57. The van der Waals surface area contributed by atoms with Crippen LogP contribution in [0.5, 0.6) is 0 Å². The molecule has 86 valence electrons. The lowest BCUT2D eigenvalue weighted by atomic mass is 10.1. The predicted octanol–water partition coefficient (Wildman–Crippen LogP) is 4.50. The van der Waals surface area contributed by atoms with Gasteiger partial charge in [0.2, 0.25) is 0 Å². The smallest absolute Gasteiger partial charge is 0.0930 e. The van der Waals surface area contributed by atoms with E-state index in [9.17, 15) is 0 Å². The Hall–Kier alpha value is 0.110. The second-order valence-electron chi connectivity index (χ2n) is 4.40. The molecule has 0 fully saturated rings. The van der Waals surface area contributed by atoms with Gasteiger partial charge < -0.3 is 0 Å². The SMILES string of the molecule is Cc1nc(CCCC(Br)C(C)C)sc1C. The van der Waals surface area contributed by atoms with Crippen molar-refractivity contribution in [1.82, 2.24) is 4.98 Å². The van der Waals surface area contributed by atoms with Crippen molar-refractivity contribution >= 4 is 27.3 Å². The van der Waals surface area contributed by atoms with E-state index in [0.29, 0.717) is 4.83 Å². The molecule has 0 aromatic carbocycles. The molecular weight excluding hydrogens is 270 g/mol. The second kappa shape index (κ2) is 6.00. The number of halogens is 1. The van der Waals surface area contributed by atoms with Gasteiger partial charge in [-0.3, -0.25) is 0 Å². The van der Waals surface area contributed by atoms with Crippen LogP contribution in [0.4, 0.5) is 0 Å². The molecule has 0 N–H and O–H groups in total. The molecule has 0 saturated heterocycles. The maximum absolute atomic E-state index is 4.56. The van der Waals surface area contributed by atoms with Crippen LogP contribution in [0.25, 0.3) is 0 Å². The van der Waals surface area contributed by atoms with Crippen LogP contribution in [0, 0.1) is 19.8 Å². The lowest BCUT2D eigenvalue weighted by Gasteiger charge is -2.12. The minimum absolute atomic E-state index is 0.652. The fourth-order valence-corrected chi connectivity index (χ4v) is 2.73. The normalized spacial score (nSPS) is 13.5. The predicted molar refractivity (Wildman–Crippen MR) is 72.1 cm³/mol. The van der Waals surface area contributed by atoms with Crippen LogP contribution in [-0.4, -0.2) is 9.81 Å². The molecule has 1 heterocycles. The maximum Gasteiger partial charge on any atom is 0.0930 e. The number of thiazole rings is 1. The van der Waals surface area contributed by atoms with Crippen LogP contribution in [0.1, 0.15) is 42.3 Å². The molecule has 0 bridgehead atoms. The fourth-order valence-electron chi connectivity index (χ4n) is 1.43. The molecule has 1 aromatic heterocycles. The molecule has 0 aliphatic heterocycles. The summed E-state index contributed by atoms with van der Waals surface area (Å²) in [7, 11) is 0. The molecule has 1 atom stereocenters. The molecule has 0 amide bonds. The van der Waals surface area contributed by atoms with Gasteiger partial charge in [0.25, 0.3) is 0 Å². The van der Waals surface area contributed by atoms with E-state index in [1.165, 1.54) is 28.4 Å². The minimum Gasteiger partial charge on any atom is -0.246 e. The van der Waals surface area contributed by atoms with Gasteiger partial charge in [-0.15, -0.1) is 11.3 Å². The molecule has 1 unspecified atom stereocenters. The van der Waals surface area contributed by atoms with Gasteiger partial charge in [0.1, 0.15) is 0 Å². The Kier molecular flexibility index (Phi) is 5.27. The average Bonchev–Trinajstić information content (AvgIpc) is 2.46. The summed E-state index contributed by atoms with van der Waals surface area (Å²) >= 11 is 5.57. The molecule has 0 aliphatic rings. The monoisotopic (exact) mass is 289 g/mol. The quantitative estimate of drug-likeness (QED) is 0.727. The third-order valence-electron chi connectivity index (χ3n) is 2.67. The summed E-state index contributed by atoms with van der Waals surface area (Å²) in [5.41, 5.74) is 1.20. The molecule has 0 saturated carbocycles. The number of aromatic nitrogens is 1. The Morgan fingerprint density at radius 3 is 2.47 bits per heavy atom. The Morgan fingerprint density at radius 2 is 2.00 bits per heavy atom. The highest BCUT2D eigenvalue weighted by Gasteiger charge is 2.09. The highest BCUT2D eigenvalue weighted by Crippen LogP contribution is 2.22. The second-order valence-corrected chi connectivity index (χ2v) is 6.87. The number of rotatable bonds is 5. The Labute approximate surface area is 105 Å². The van der Waals surface area contributed by atoms with Crippen molar-refractivity contribution in [3.8, 4) is 0 Å². The van der Waals surface area contributed by atoms with Gasteiger partial charge in [-0.2, -0.15) is 0 Å². The fraction of sp³-hybridized carbons (Fsp3) is 0.750. The van der Waals surface area contributed by atoms with Gasteiger partial charge in [-0.05, 0) is 39.0 Å². The minimum atomic E-state index is 0.652. The lowest BCUT2D eigenvalue weighted by molar-refractivity contribution is 0.562. The van der Waals surface area contributed by atoms with E-state index in [2.05, 4.69) is 48.6 Å². The van der Waals surface area contributed by atoms with Crippen molar-refractivity contribution < 1.29 is 0 Å². The van der Waals surface area contributed by atoms with Crippen molar-refractivity contribution in [3.05, 3.63) is 15.6 Å². The topological polar surface area (TPSA) is 12.9 Å². The highest BCUT2D eigenvalue weighted by atomic mass is 79.9. The highest BCUT2D eigenvalue weighted by molar-refractivity contribution is 9.09. The van der Waals surface area contributed by atoms with Crippen LogP contribution in [0.3, 0.4) is 0 Å². The van der Waals surface area contributed by atoms with E-state index < -0.39 is 0 Å². The van der Waals surface area contributed by atoms with Gasteiger partial charge >= 0.3 is 0 Å². The van der Waals surface area contributed by atoms with Crippen molar-refractivity contribution in [2.24, 2.45) is 5.92 Å². The molecule has 0 radical (unpaired) electrons. The van der Waals surface area contributed by atoms with E-state index in [1.807, 2.05) is 11.3 Å². The van der Waals surface area contributed by atoms with Gasteiger partial charge in [0.05, 0.1) is 10.7 Å². The summed E-state index contributed by atoms with van der Waals surface area (Å²) in [6, 6.07) is 0. The van der Waals surface area contributed by atoms with Crippen molar-refractivity contribution in [2.75, 3.05) is 0 Å². The number of nitrogens with zero attached hydrogens (tertiary/aromatic N) is 1. The molecule has 1 nitrogen and oxygen atoms in total. The van der Waals surface area contributed by atoms with Gasteiger partial charge in [-0.25, -0.2) is 4.98 Å². The summed E-state index contributed by atoms with van der Waals surface area (Å²) in [5.74, 6) is 0.727. The molecular formula is C12H20BrNS. The van der Waals surface area contributed by atoms with Crippen LogP contribution in [-0.2, 0) is 6.42 Å². The van der Waals surface area contributed by atoms with Gasteiger partial charge in [-0.1, -0.05) is 29.8 Å². The zero-order chi connectivity index (χ0) is 11.4. The van der Waals surface area contributed by atoms with Crippen LogP contribution >= 0.6 is 27.3 Å². The molecule has 0 aliphatic carbocycles. The first-order valence-electron chi connectivity index (χ1n) is 5.57. The van der Waals surface area contributed by atoms with Crippen molar-refractivity contribution in [3.63, 3.8) is 0 Å². The Balaban J connectivity index is 2.32. The van der Waals surface area contributed by atoms with Crippen LogP contribution in [0.15, 0.2) is 0 Å². The largest absolute Gasteiger partial charge is 0.246 e. The van der Waals surface area contributed by atoms with E-state index >= 15 is 0 Å². The first-order chi connectivity index (χ1) is 7.00. The van der Waals surface area contributed by atoms with Gasteiger partial charge in [0, 0.05) is 9.70 Å². The molecule has 1 aromatic rings. The standard InChI is InChI=1S/C12H20BrNS/c1-8(2)11(13)6-5-7-12-14-9(3)10(4)15-12/h8,11H,5-7H2,1-4H3. The van der Waals surface area contributed by atoms with E-state index in [0.717, 1.165) is 12.3 Å². The first-order valence-corrected chi connectivity index (χ1v) is 7.31. The number of alkyl halides is 1. The molecule has 0 spiro atoms. The Bertz CT molecular complexity index is 287. The van der Waals surface area contributed by atoms with Crippen molar-refractivity contribution in [2.45, 2.75) is 51.8 Å². The number of hydrogen-bond donors (Lipinski definition) is 0. The summed E-state index contributed by atoms with van der Waals surface area (Å²) in [6.07, 6.45) is 3.62. The maximum atomic E-state index is 4.56. The summed E-state index contributed by atoms with van der Waals surface area (Å²) < 4.78 is 0. The first kappa shape index (κ1) is 13.2. The molecule has 3 heteroatoms.